The van der Waals surface area contributed by atoms with Crippen LogP contribution in [0, 0.1) is 0 Å². The summed E-state index contributed by atoms with van der Waals surface area (Å²) in [5, 5.41) is 8.67. The lowest BCUT2D eigenvalue weighted by molar-refractivity contribution is -0.138. The quantitative estimate of drug-likeness (QED) is 0.758. The molecule has 16 heavy (non-hydrogen) atoms. The smallest absolute Gasteiger partial charge is 0.320 e. The largest absolute Gasteiger partial charge is 0.480 e. The molecule has 0 saturated heterocycles. The van der Waals surface area contributed by atoms with E-state index in [9.17, 15) is 4.79 Å². The van der Waals surface area contributed by atoms with Crippen LogP contribution in [0.5, 0.6) is 0 Å². The SMILES string of the molecule is CCN(CC)c1ccc(C[C@@H](N)C(=O)O)o1. The van der Waals surface area contributed by atoms with E-state index in [1.54, 1.807) is 6.07 Å². The number of carbonyl (C=O) groups is 1. The Morgan fingerprint density at radius 1 is 1.50 bits per heavy atom. The average Bonchev–Trinajstić information content (AvgIpc) is 2.68. The molecular weight excluding hydrogens is 208 g/mol. The van der Waals surface area contributed by atoms with Crippen molar-refractivity contribution in [2.45, 2.75) is 26.3 Å². The number of carboxylic acids is 1. The van der Waals surface area contributed by atoms with E-state index in [2.05, 4.69) is 4.90 Å². The highest BCUT2D eigenvalue weighted by atomic mass is 16.4. The zero-order valence-corrected chi connectivity index (χ0v) is 9.64. The van der Waals surface area contributed by atoms with Crippen LogP contribution in [0.4, 0.5) is 5.88 Å². The molecule has 0 radical (unpaired) electrons. The maximum atomic E-state index is 10.6. The molecule has 1 aromatic rings. The van der Waals surface area contributed by atoms with Gasteiger partial charge in [0, 0.05) is 25.6 Å². The highest BCUT2D eigenvalue weighted by Crippen LogP contribution is 2.18. The lowest BCUT2D eigenvalue weighted by Crippen LogP contribution is -2.32. The van der Waals surface area contributed by atoms with Crippen LogP contribution in [0.3, 0.4) is 0 Å². The van der Waals surface area contributed by atoms with Crippen LogP contribution < -0.4 is 10.6 Å². The molecule has 1 atom stereocenters. The highest BCUT2D eigenvalue weighted by molar-refractivity contribution is 5.73. The maximum Gasteiger partial charge on any atom is 0.320 e. The molecule has 0 aromatic carbocycles. The molecule has 1 rings (SSSR count). The molecule has 5 heteroatoms. The summed E-state index contributed by atoms with van der Waals surface area (Å²) in [6.07, 6.45) is 0.219. The van der Waals surface area contributed by atoms with E-state index in [4.69, 9.17) is 15.3 Å². The van der Waals surface area contributed by atoms with E-state index in [1.807, 2.05) is 19.9 Å². The number of rotatable bonds is 6. The normalized spacial score (nSPS) is 12.4. The number of anilines is 1. The van der Waals surface area contributed by atoms with Gasteiger partial charge < -0.3 is 20.2 Å². The van der Waals surface area contributed by atoms with Gasteiger partial charge in [-0.3, -0.25) is 4.79 Å². The third-order valence-corrected chi connectivity index (χ3v) is 2.46. The number of hydrogen-bond donors (Lipinski definition) is 2. The topological polar surface area (TPSA) is 79.7 Å². The first-order valence-corrected chi connectivity index (χ1v) is 5.40. The zero-order chi connectivity index (χ0) is 12.1. The van der Waals surface area contributed by atoms with E-state index >= 15 is 0 Å². The molecule has 0 fully saturated rings. The Kier molecular flexibility index (Phi) is 4.37. The minimum atomic E-state index is -1.01. The number of furan rings is 1. The van der Waals surface area contributed by atoms with Crippen molar-refractivity contribution in [3.05, 3.63) is 17.9 Å². The first-order chi connectivity index (χ1) is 7.58. The summed E-state index contributed by atoms with van der Waals surface area (Å²) in [4.78, 5) is 12.6. The average molecular weight is 226 g/mol. The molecule has 90 valence electrons. The van der Waals surface area contributed by atoms with Crippen molar-refractivity contribution in [1.82, 2.24) is 0 Å². The van der Waals surface area contributed by atoms with Crippen molar-refractivity contribution in [2.24, 2.45) is 5.73 Å². The second-order valence-electron chi connectivity index (χ2n) is 3.56. The Balaban J connectivity index is 2.67. The second-order valence-corrected chi connectivity index (χ2v) is 3.56. The van der Waals surface area contributed by atoms with Gasteiger partial charge in [0.05, 0.1) is 0 Å². The summed E-state index contributed by atoms with van der Waals surface area (Å²) < 4.78 is 5.53. The minimum Gasteiger partial charge on any atom is -0.480 e. The van der Waals surface area contributed by atoms with Crippen LogP contribution in [0.15, 0.2) is 16.5 Å². The number of aliphatic carboxylic acids is 1. The van der Waals surface area contributed by atoms with E-state index < -0.39 is 12.0 Å². The van der Waals surface area contributed by atoms with E-state index in [-0.39, 0.29) is 6.42 Å². The Hall–Kier alpha value is -1.49. The number of carboxylic acid groups (broad SMARTS) is 1. The van der Waals surface area contributed by atoms with Crippen molar-refractivity contribution >= 4 is 11.9 Å². The van der Waals surface area contributed by atoms with Crippen LogP contribution in [-0.2, 0) is 11.2 Å². The zero-order valence-electron chi connectivity index (χ0n) is 9.64. The fourth-order valence-electron chi connectivity index (χ4n) is 1.49. The Morgan fingerprint density at radius 2 is 2.12 bits per heavy atom. The molecule has 0 unspecified atom stereocenters. The first kappa shape index (κ1) is 12.6. The Morgan fingerprint density at radius 3 is 2.62 bits per heavy atom. The summed E-state index contributed by atoms with van der Waals surface area (Å²) in [6.45, 7) is 5.78. The van der Waals surface area contributed by atoms with Crippen LogP contribution in [0.2, 0.25) is 0 Å². The van der Waals surface area contributed by atoms with E-state index in [0.29, 0.717) is 5.76 Å². The van der Waals surface area contributed by atoms with Crippen molar-refractivity contribution < 1.29 is 14.3 Å². The van der Waals surface area contributed by atoms with Gasteiger partial charge in [0.25, 0.3) is 0 Å². The third kappa shape index (κ3) is 3.00. The molecule has 5 nitrogen and oxygen atoms in total. The van der Waals surface area contributed by atoms with Gasteiger partial charge in [-0.2, -0.15) is 0 Å². The standard InChI is InChI=1S/C11H18N2O3/c1-3-13(4-2)10-6-5-8(16-10)7-9(12)11(14)15/h5-6,9H,3-4,7,12H2,1-2H3,(H,14,15)/t9-/m1/s1. The van der Waals surface area contributed by atoms with Crippen LogP contribution in [0.1, 0.15) is 19.6 Å². The fourth-order valence-corrected chi connectivity index (χ4v) is 1.49. The van der Waals surface area contributed by atoms with Crippen molar-refractivity contribution in [3.63, 3.8) is 0 Å². The van der Waals surface area contributed by atoms with Gasteiger partial charge >= 0.3 is 5.97 Å². The molecule has 0 amide bonds. The highest BCUT2D eigenvalue weighted by Gasteiger charge is 2.15. The van der Waals surface area contributed by atoms with Gasteiger partial charge in [0.1, 0.15) is 11.8 Å². The molecule has 0 spiro atoms. The third-order valence-electron chi connectivity index (χ3n) is 2.46. The summed E-state index contributed by atoms with van der Waals surface area (Å²) in [7, 11) is 0. The lowest BCUT2D eigenvalue weighted by Gasteiger charge is -2.16. The van der Waals surface area contributed by atoms with Crippen LogP contribution in [0.25, 0.3) is 0 Å². The van der Waals surface area contributed by atoms with E-state index in [0.717, 1.165) is 19.0 Å². The predicted molar refractivity (Wildman–Crippen MR) is 61.6 cm³/mol. The summed E-state index contributed by atoms with van der Waals surface area (Å²) in [6, 6.07) is 2.71. The second kappa shape index (κ2) is 5.55. The summed E-state index contributed by atoms with van der Waals surface area (Å²) >= 11 is 0. The number of nitrogens with zero attached hydrogens (tertiary/aromatic N) is 1. The molecule has 0 aliphatic carbocycles. The van der Waals surface area contributed by atoms with Gasteiger partial charge in [0.2, 0.25) is 0 Å². The van der Waals surface area contributed by atoms with Crippen molar-refractivity contribution in [3.8, 4) is 0 Å². The fraction of sp³-hybridized carbons (Fsp3) is 0.545. The molecule has 0 aliphatic heterocycles. The molecule has 1 aromatic heterocycles. The van der Waals surface area contributed by atoms with E-state index in [1.165, 1.54) is 0 Å². The van der Waals surface area contributed by atoms with Gasteiger partial charge in [-0.25, -0.2) is 0 Å². The number of hydrogen-bond acceptors (Lipinski definition) is 4. The molecule has 3 N–H and O–H groups in total. The molecule has 0 bridgehead atoms. The number of nitrogens with two attached hydrogens (primary N) is 1. The first-order valence-electron chi connectivity index (χ1n) is 5.40. The molecular formula is C11H18N2O3. The molecule has 0 saturated carbocycles. The lowest BCUT2D eigenvalue weighted by atomic mass is 10.2. The van der Waals surface area contributed by atoms with Gasteiger partial charge in [-0.05, 0) is 19.9 Å². The van der Waals surface area contributed by atoms with Crippen LogP contribution >= 0.6 is 0 Å². The van der Waals surface area contributed by atoms with Crippen molar-refractivity contribution in [2.75, 3.05) is 18.0 Å². The predicted octanol–water partition coefficient (Wildman–Crippen LogP) is 1.08. The van der Waals surface area contributed by atoms with Crippen molar-refractivity contribution in [1.29, 1.82) is 0 Å². The molecule has 0 aliphatic rings. The van der Waals surface area contributed by atoms with Gasteiger partial charge in [-0.1, -0.05) is 0 Å². The van der Waals surface area contributed by atoms with Gasteiger partial charge in [-0.15, -0.1) is 0 Å². The monoisotopic (exact) mass is 226 g/mol. The maximum absolute atomic E-state index is 10.6. The minimum absolute atomic E-state index is 0.219. The summed E-state index contributed by atoms with van der Waals surface area (Å²) in [5.74, 6) is 0.357. The summed E-state index contributed by atoms with van der Waals surface area (Å²) in [5.41, 5.74) is 5.43. The van der Waals surface area contributed by atoms with Crippen LogP contribution in [-0.4, -0.2) is 30.2 Å². The molecule has 1 heterocycles. The Bertz CT molecular complexity index is 345. The van der Waals surface area contributed by atoms with Gasteiger partial charge in [0.15, 0.2) is 5.88 Å². The Labute approximate surface area is 94.8 Å².